The van der Waals surface area contributed by atoms with Crippen LogP contribution < -0.4 is 5.32 Å². The zero-order valence-corrected chi connectivity index (χ0v) is 10.4. The molecule has 0 amide bonds. The van der Waals surface area contributed by atoms with Gasteiger partial charge in [-0.3, -0.25) is 10.1 Å². The highest BCUT2D eigenvalue weighted by molar-refractivity contribution is 9.10. The Labute approximate surface area is 102 Å². The zero-order chi connectivity index (χ0) is 12.1. The third-order valence-corrected chi connectivity index (χ3v) is 2.37. The Hall–Kier alpha value is -1.43. The van der Waals surface area contributed by atoms with Crippen LogP contribution in [0, 0.1) is 10.1 Å². The SMILES string of the molecule is C=CCC(C)Nc1ncc(Br)cc1[N+](=O)[O-]. The second-order valence-electron chi connectivity index (χ2n) is 3.35. The van der Waals surface area contributed by atoms with Gasteiger partial charge in [-0.2, -0.15) is 0 Å². The van der Waals surface area contributed by atoms with Gasteiger partial charge in [-0.15, -0.1) is 6.58 Å². The first-order valence-electron chi connectivity index (χ1n) is 4.72. The predicted octanol–water partition coefficient (Wildman–Crippen LogP) is 3.13. The molecule has 6 heteroatoms. The lowest BCUT2D eigenvalue weighted by molar-refractivity contribution is -0.384. The van der Waals surface area contributed by atoms with Crippen molar-refractivity contribution < 1.29 is 4.92 Å². The molecule has 1 aromatic heterocycles. The van der Waals surface area contributed by atoms with Gasteiger partial charge in [0, 0.05) is 22.8 Å². The van der Waals surface area contributed by atoms with E-state index < -0.39 is 4.92 Å². The second kappa shape index (κ2) is 5.60. The first kappa shape index (κ1) is 12.6. The van der Waals surface area contributed by atoms with E-state index in [2.05, 4.69) is 32.8 Å². The number of nitrogens with zero attached hydrogens (tertiary/aromatic N) is 2. The van der Waals surface area contributed by atoms with Crippen LogP contribution in [0.4, 0.5) is 11.5 Å². The maximum atomic E-state index is 10.8. The summed E-state index contributed by atoms with van der Waals surface area (Å²) in [6.45, 7) is 5.52. The van der Waals surface area contributed by atoms with E-state index in [1.54, 1.807) is 6.08 Å². The second-order valence-corrected chi connectivity index (χ2v) is 4.26. The van der Waals surface area contributed by atoms with E-state index >= 15 is 0 Å². The van der Waals surface area contributed by atoms with Crippen molar-refractivity contribution in [3.05, 3.63) is 39.5 Å². The molecule has 0 fully saturated rings. The first-order valence-corrected chi connectivity index (χ1v) is 5.51. The van der Waals surface area contributed by atoms with Gasteiger partial charge >= 0.3 is 5.69 Å². The van der Waals surface area contributed by atoms with Crippen LogP contribution in [0.25, 0.3) is 0 Å². The summed E-state index contributed by atoms with van der Waals surface area (Å²) in [5.41, 5.74) is -0.0368. The number of rotatable bonds is 5. The molecule has 0 bridgehead atoms. The largest absolute Gasteiger partial charge is 0.362 e. The molecule has 0 aromatic carbocycles. The molecule has 1 aromatic rings. The van der Waals surface area contributed by atoms with E-state index in [4.69, 9.17) is 0 Å². The maximum absolute atomic E-state index is 10.8. The fraction of sp³-hybridized carbons (Fsp3) is 0.300. The summed E-state index contributed by atoms with van der Waals surface area (Å²) in [5.74, 6) is 0.280. The van der Waals surface area contributed by atoms with Crippen molar-refractivity contribution >= 4 is 27.4 Å². The lowest BCUT2D eigenvalue weighted by atomic mass is 10.2. The van der Waals surface area contributed by atoms with E-state index in [1.165, 1.54) is 12.3 Å². The lowest BCUT2D eigenvalue weighted by Gasteiger charge is -2.12. The highest BCUT2D eigenvalue weighted by Crippen LogP contribution is 2.25. The third-order valence-electron chi connectivity index (χ3n) is 1.93. The van der Waals surface area contributed by atoms with Gasteiger partial charge in [0.1, 0.15) is 0 Å². The molecule has 1 rings (SSSR count). The lowest BCUT2D eigenvalue weighted by Crippen LogP contribution is -2.16. The van der Waals surface area contributed by atoms with E-state index in [-0.39, 0.29) is 17.5 Å². The number of aromatic nitrogens is 1. The minimum atomic E-state index is -0.458. The molecule has 0 aliphatic rings. The van der Waals surface area contributed by atoms with Crippen LogP contribution >= 0.6 is 15.9 Å². The van der Waals surface area contributed by atoms with Crippen LogP contribution in [0.1, 0.15) is 13.3 Å². The Morgan fingerprint density at radius 2 is 2.50 bits per heavy atom. The van der Waals surface area contributed by atoms with Gasteiger partial charge in [0.15, 0.2) is 0 Å². The van der Waals surface area contributed by atoms with Crippen LogP contribution in [0.15, 0.2) is 29.4 Å². The number of halogens is 1. The molecule has 86 valence electrons. The number of nitrogens with one attached hydrogen (secondary N) is 1. The van der Waals surface area contributed by atoms with E-state index in [1.807, 2.05) is 6.92 Å². The minimum Gasteiger partial charge on any atom is -0.362 e. The minimum absolute atomic E-state index is 0.0368. The van der Waals surface area contributed by atoms with Crippen molar-refractivity contribution in [1.82, 2.24) is 4.98 Å². The van der Waals surface area contributed by atoms with Crippen LogP contribution in [0.2, 0.25) is 0 Å². The van der Waals surface area contributed by atoms with Crippen LogP contribution in [-0.2, 0) is 0 Å². The summed E-state index contributed by atoms with van der Waals surface area (Å²) in [6, 6.07) is 1.49. The van der Waals surface area contributed by atoms with E-state index in [0.717, 1.165) is 6.42 Å². The van der Waals surface area contributed by atoms with Crippen molar-refractivity contribution in [2.75, 3.05) is 5.32 Å². The van der Waals surface area contributed by atoms with Crippen molar-refractivity contribution in [2.45, 2.75) is 19.4 Å². The average Bonchev–Trinajstić information content (AvgIpc) is 2.20. The van der Waals surface area contributed by atoms with Gasteiger partial charge in [0.25, 0.3) is 0 Å². The molecule has 0 spiro atoms. The molecule has 1 unspecified atom stereocenters. The maximum Gasteiger partial charge on any atom is 0.312 e. The third kappa shape index (κ3) is 3.30. The first-order chi connectivity index (χ1) is 7.54. The Kier molecular flexibility index (Phi) is 4.42. The molecule has 0 saturated carbocycles. The van der Waals surface area contributed by atoms with Gasteiger partial charge in [-0.05, 0) is 29.3 Å². The highest BCUT2D eigenvalue weighted by Gasteiger charge is 2.16. The van der Waals surface area contributed by atoms with Crippen molar-refractivity contribution in [3.63, 3.8) is 0 Å². The van der Waals surface area contributed by atoms with Gasteiger partial charge in [0.05, 0.1) is 4.92 Å². The monoisotopic (exact) mass is 285 g/mol. The zero-order valence-electron chi connectivity index (χ0n) is 8.81. The number of pyridine rings is 1. The standard InChI is InChI=1S/C10H12BrN3O2/c1-3-4-7(2)13-10-9(14(15)16)5-8(11)6-12-10/h3,5-7H,1,4H2,2H3,(H,12,13). The van der Waals surface area contributed by atoms with Crippen LogP contribution in [0.5, 0.6) is 0 Å². The summed E-state index contributed by atoms with van der Waals surface area (Å²) in [5, 5.41) is 13.8. The molecule has 1 N–H and O–H groups in total. The molecule has 1 atom stereocenters. The quantitative estimate of drug-likeness (QED) is 0.513. The van der Waals surface area contributed by atoms with Crippen LogP contribution in [0.3, 0.4) is 0 Å². The van der Waals surface area contributed by atoms with Crippen molar-refractivity contribution in [1.29, 1.82) is 0 Å². The number of anilines is 1. The molecule has 5 nitrogen and oxygen atoms in total. The Morgan fingerprint density at radius 1 is 1.81 bits per heavy atom. The summed E-state index contributed by atoms with van der Waals surface area (Å²) < 4.78 is 0.584. The average molecular weight is 286 g/mol. The normalized spacial score (nSPS) is 11.9. The Bertz CT molecular complexity index is 409. The van der Waals surface area contributed by atoms with E-state index in [0.29, 0.717) is 4.47 Å². The van der Waals surface area contributed by atoms with Crippen LogP contribution in [-0.4, -0.2) is 15.9 Å². The predicted molar refractivity (Wildman–Crippen MR) is 66.5 cm³/mol. The van der Waals surface area contributed by atoms with Gasteiger partial charge in [-0.1, -0.05) is 6.08 Å². The topological polar surface area (TPSA) is 68.1 Å². The molecule has 0 aliphatic heterocycles. The molecular weight excluding hydrogens is 274 g/mol. The fourth-order valence-electron chi connectivity index (χ4n) is 1.22. The highest BCUT2D eigenvalue weighted by atomic mass is 79.9. The van der Waals surface area contributed by atoms with Crippen molar-refractivity contribution in [3.8, 4) is 0 Å². The number of hydrogen-bond donors (Lipinski definition) is 1. The summed E-state index contributed by atoms with van der Waals surface area (Å²) in [7, 11) is 0. The summed E-state index contributed by atoms with van der Waals surface area (Å²) >= 11 is 3.15. The molecule has 16 heavy (non-hydrogen) atoms. The molecule has 0 radical (unpaired) electrons. The number of nitro groups is 1. The molecule has 0 saturated heterocycles. The molecule has 0 aliphatic carbocycles. The van der Waals surface area contributed by atoms with E-state index in [9.17, 15) is 10.1 Å². The van der Waals surface area contributed by atoms with Gasteiger partial charge in [0.2, 0.25) is 5.82 Å². The smallest absolute Gasteiger partial charge is 0.312 e. The molecule has 1 heterocycles. The Balaban J connectivity index is 2.94. The summed E-state index contributed by atoms with van der Waals surface area (Å²) in [6.07, 6.45) is 3.99. The van der Waals surface area contributed by atoms with Crippen molar-refractivity contribution in [2.24, 2.45) is 0 Å². The van der Waals surface area contributed by atoms with Gasteiger partial charge < -0.3 is 5.32 Å². The molecular formula is C10H12BrN3O2. The van der Waals surface area contributed by atoms with Gasteiger partial charge in [-0.25, -0.2) is 4.98 Å². The number of hydrogen-bond acceptors (Lipinski definition) is 4. The fourth-order valence-corrected chi connectivity index (χ4v) is 1.54. The summed E-state index contributed by atoms with van der Waals surface area (Å²) in [4.78, 5) is 14.3. The Morgan fingerprint density at radius 3 is 3.06 bits per heavy atom.